The number of nitrogens with zero attached hydrogens (tertiary/aromatic N) is 1. The molecule has 0 radical (unpaired) electrons. The van der Waals surface area contributed by atoms with Gasteiger partial charge in [-0.2, -0.15) is 0 Å². The fraction of sp³-hybridized carbons (Fsp3) is 0.556. The molecule has 0 fully saturated rings. The molecule has 0 aromatic heterocycles. The number of carbonyl (C=O) groups excluding carboxylic acids is 1. The number of guanidine groups is 1. The molecular weight excluding hydrogens is 507 g/mol. The molecule has 0 heterocycles. The first kappa shape index (κ1) is 27.2. The van der Waals surface area contributed by atoms with E-state index in [1.54, 1.807) is 34.6 Å². The maximum absolute atomic E-state index is 13.7. The summed E-state index contributed by atoms with van der Waals surface area (Å²) in [5.41, 5.74) is -2.20. The highest BCUT2D eigenvalue weighted by Crippen LogP contribution is 2.19. The number of nitrogens with one attached hydrogen (secondary N) is 3. The van der Waals surface area contributed by atoms with Gasteiger partial charge in [-0.1, -0.05) is 0 Å². The molecule has 0 atom stereocenters. The quantitative estimate of drug-likeness (QED) is 0.177. The average molecular weight is 534 g/mol. The third-order valence-electron chi connectivity index (χ3n) is 3.40. The van der Waals surface area contributed by atoms with Gasteiger partial charge in [0.05, 0.1) is 5.54 Å². The normalized spacial score (nSPS) is 12.1. The Kier molecular flexibility index (Phi) is 10.2. The van der Waals surface area contributed by atoms with E-state index in [0.29, 0.717) is 0 Å². The first-order valence-electron chi connectivity index (χ1n) is 8.53. The molecule has 1 aromatic carbocycles. The van der Waals surface area contributed by atoms with Crippen LogP contribution in [0.1, 0.15) is 40.2 Å². The minimum absolute atomic E-state index is 0. The van der Waals surface area contributed by atoms with Crippen LogP contribution in [0.15, 0.2) is 11.1 Å². The molecule has 0 aliphatic rings. The maximum Gasteiger partial charge on any atom is 0.408 e. The van der Waals surface area contributed by atoms with Crippen molar-refractivity contribution >= 4 is 36.0 Å². The Morgan fingerprint density at radius 2 is 1.55 bits per heavy atom. The molecule has 0 saturated carbocycles. The highest BCUT2D eigenvalue weighted by molar-refractivity contribution is 14.0. The van der Waals surface area contributed by atoms with Crippen molar-refractivity contribution in [3.63, 3.8) is 0 Å². The number of hydrogen-bond donors (Lipinski definition) is 3. The summed E-state index contributed by atoms with van der Waals surface area (Å²) in [5.74, 6) is -5.81. The Morgan fingerprint density at radius 1 is 1.03 bits per heavy atom. The molecule has 0 unspecified atom stereocenters. The lowest BCUT2D eigenvalue weighted by molar-refractivity contribution is 0.0474. The monoisotopic (exact) mass is 534 g/mol. The zero-order valence-electron chi connectivity index (χ0n) is 17.2. The molecule has 1 rings (SSSR count). The van der Waals surface area contributed by atoms with Crippen molar-refractivity contribution in [1.82, 2.24) is 16.0 Å². The van der Waals surface area contributed by atoms with Gasteiger partial charge in [-0.05, 0) is 34.6 Å². The highest BCUT2D eigenvalue weighted by Gasteiger charge is 2.25. The number of amides is 1. The second-order valence-electron chi connectivity index (χ2n) is 7.74. The maximum atomic E-state index is 13.7. The molecule has 0 spiro atoms. The Bertz CT molecular complexity index is 726. The first-order valence-corrected chi connectivity index (χ1v) is 8.53. The second-order valence-corrected chi connectivity index (χ2v) is 7.74. The summed E-state index contributed by atoms with van der Waals surface area (Å²) < 4.78 is 59.1. The Hall–Kier alpha value is -1.79. The summed E-state index contributed by atoms with van der Waals surface area (Å²) in [6, 6.07) is 0.145. The highest BCUT2D eigenvalue weighted by atomic mass is 127. The van der Waals surface area contributed by atoms with E-state index >= 15 is 0 Å². The van der Waals surface area contributed by atoms with Crippen LogP contribution in [0.4, 0.5) is 22.4 Å². The lowest BCUT2D eigenvalue weighted by Crippen LogP contribution is -2.54. The first-order chi connectivity index (χ1) is 12.8. The standard InChI is InChI=1S/C18H26F4N4O2.HI/c1-17(2,3)28-16(27)26-18(4,5)9-25-15(23-6)24-8-10-13(21)11(19)7-12(20)14(10)22;/h7H,8-9H2,1-6H3,(H,26,27)(H2,23,24,25);1H. The minimum atomic E-state index is -1.48. The fourth-order valence-corrected chi connectivity index (χ4v) is 2.10. The van der Waals surface area contributed by atoms with Crippen LogP contribution in [-0.2, 0) is 11.3 Å². The van der Waals surface area contributed by atoms with E-state index < -0.39 is 52.6 Å². The minimum Gasteiger partial charge on any atom is -0.444 e. The molecule has 1 aromatic rings. The SMILES string of the molecule is CN=C(NCc1c(F)c(F)cc(F)c1F)NCC(C)(C)NC(=O)OC(C)(C)C.I. The van der Waals surface area contributed by atoms with Crippen LogP contribution >= 0.6 is 24.0 Å². The Morgan fingerprint density at radius 3 is 2.00 bits per heavy atom. The van der Waals surface area contributed by atoms with Gasteiger partial charge in [0, 0.05) is 31.8 Å². The summed E-state index contributed by atoms with van der Waals surface area (Å²) in [7, 11) is 1.41. The van der Waals surface area contributed by atoms with Crippen LogP contribution in [0.5, 0.6) is 0 Å². The van der Waals surface area contributed by atoms with Gasteiger partial charge in [0.1, 0.15) is 5.60 Å². The van der Waals surface area contributed by atoms with Crippen molar-refractivity contribution in [2.75, 3.05) is 13.6 Å². The van der Waals surface area contributed by atoms with Gasteiger partial charge < -0.3 is 20.7 Å². The van der Waals surface area contributed by atoms with E-state index in [0.717, 1.165) is 0 Å². The van der Waals surface area contributed by atoms with Crippen LogP contribution in [0.25, 0.3) is 0 Å². The van der Waals surface area contributed by atoms with Crippen molar-refractivity contribution in [2.24, 2.45) is 4.99 Å². The number of hydrogen-bond acceptors (Lipinski definition) is 3. The zero-order valence-corrected chi connectivity index (χ0v) is 19.5. The average Bonchev–Trinajstić information content (AvgIpc) is 2.53. The van der Waals surface area contributed by atoms with E-state index in [4.69, 9.17) is 4.74 Å². The van der Waals surface area contributed by atoms with E-state index in [2.05, 4.69) is 20.9 Å². The van der Waals surface area contributed by atoms with Gasteiger partial charge in [-0.15, -0.1) is 24.0 Å². The van der Waals surface area contributed by atoms with Gasteiger partial charge >= 0.3 is 6.09 Å². The predicted octanol–water partition coefficient (Wildman–Crippen LogP) is 3.83. The van der Waals surface area contributed by atoms with Gasteiger partial charge in [-0.3, -0.25) is 4.99 Å². The Labute approximate surface area is 184 Å². The molecule has 6 nitrogen and oxygen atoms in total. The molecule has 29 heavy (non-hydrogen) atoms. The van der Waals surface area contributed by atoms with Crippen LogP contribution in [0, 0.1) is 23.3 Å². The lowest BCUT2D eigenvalue weighted by atomic mass is 10.1. The van der Waals surface area contributed by atoms with Crippen molar-refractivity contribution in [3.8, 4) is 0 Å². The summed E-state index contributed by atoms with van der Waals surface area (Å²) >= 11 is 0. The number of rotatable bonds is 5. The molecule has 0 aliphatic heterocycles. The van der Waals surface area contributed by atoms with E-state index in [9.17, 15) is 22.4 Å². The fourth-order valence-electron chi connectivity index (χ4n) is 2.10. The number of alkyl carbamates (subject to hydrolysis) is 1. The molecule has 3 N–H and O–H groups in total. The molecule has 0 aliphatic carbocycles. The predicted molar refractivity (Wildman–Crippen MR) is 113 cm³/mol. The van der Waals surface area contributed by atoms with Crippen LogP contribution in [0.2, 0.25) is 0 Å². The van der Waals surface area contributed by atoms with Crippen molar-refractivity contribution < 1.29 is 27.1 Å². The molecule has 1 amide bonds. The van der Waals surface area contributed by atoms with Crippen molar-refractivity contribution in [3.05, 3.63) is 34.9 Å². The van der Waals surface area contributed by atoms with E-state index in [1.165, 1.54) is 7.05 Å². The van der Waals surface area contributed by atoms with Crippen molar-refractivity contribution in [1.29, 1.82) is 0 Å². The van der Waals surface area contributed by atoms with Gasteiger partial charge in [0.15, 0.2) is 29.2 Å². The Balaban J connectivity index is 0.00000784. The van der Waals surface area contributed by atoms with Crippen LogP contribution in [-0.4, -0.2) is 36.8 Å². The van der Waals surface area contributed by atoms with E-state index in [1.807, 2.05) is 0 Å². The third kappa shape index (κ3) is 9.05. The largest absolute Gasteiger partial charge is 0.444 e. The summed E-state index contributed by atoms with van der Waals surface area (Å²) in [4.78, 5) is 15.7. The van der Waals surface area contributed by atoms with Crippen LogP contribution < -0.4 is 16.0 Å². The zero-order chi connectivity index (χ0) is 21.7. The van der Waals surface area contributed by atoms with Gasteiger partial charge in [-0.25, -0.2) is 22.4 Å². The third-order valence-corrected chi connectivity index (χ3v) is 3.40. The van der Waals surface area contributed by atoms with Crippen LogP contribution in [0.3, 0.4) is 0 Å². The number of ether oxygens (including phenoxy) is 1. The number of aliphatic imine (C=N–C) groups is 1. The van der Waals surface area contributed by atoms with E-state index in [-0.39, 0.29) is 42.5 Å². The molecule has 166 valence electrons. The number of carbonyl (C=O) groups is 1. The summed E-state index contributed by atoms with van der Waals surface area (Å²) in [5, 5.41) is 8.09. The molecule has 11 heteroatoms. The molecular formula is C18H27F4IN4O2. The number of benzene rings is 1. The topological polar surface area (TPSA) is 74.8 Å². The van der Waals surface area contributed by atoms with Crippen molar-refractivity contribution in [2.45, 2.75) is 52.3 Å². The van der Waals surface area contributed by atoms with Gasteiger partial charge in [0.2, 0.25) is 0 Å². The smallest absolute Gasteiger partial charge is 0.408 e. The second kappa shape index (κ2) is 10.8. The number of halogens is 5. The lowest BCUT2D eigenvalue weighted by Gasteiger charge is -2.29. The van der Waals surface area contributed by atoms with Gasteiger partial charge in [0.25, 0.3) is 0 Å². The summed E-state index contributed by atoms with van der Waals surface area (Å²) in [6.07, 6.45) is -0.610. The molecule has 0 saturated heterocycles. The summed E-state index contributed by atoms with van der Waals surface area (Å²) in [6.45, 7) is 8.28. The molecule has 0 bridgehead atoms.